The fourth-order valence-corrected chi connectivity index (χ4v) is 2.25. The van der Waals surface area contributed by atoms with Crippen molar-refractivity contribution in [3.63, 3.8) is 0 Å². The predicted octanol–water partition coefficient (Wildman–Crippen LogP) is 3.61. The quantitative estimate of drug-likeness (QED) is 0.620. The Morgan fingerprint density at radius 2 is 1.86 bits per heavy atom. The van der Waals surface area contributed by atoms with Crippen molar-refractivity contribution >= 4 is 5.57 Å². The monoisotopic (exact) mass is 181 g/mol. The summed E-state index contributed by atoms with van der Waals surface area (Å²) >= 11 is 0. The molecule has 2 aliphatic carbocycles. The van der Waals surface area contributed by atoms with Crippen molar-refractivity contribution in [3.05, 3.63) is 54.1 Å². The maximum atomic E-state index is 3.40. The zero-order valence-corrected chi connectivity index (χ0v) is 8.16. The van der Waals surface area contributed by atoms with Gasteiger partial charge in [0.2, 0.25) is 0 Å². The average Bonchev–Trinajstić information content (AvgIpc) is 2.63. The third-order valence-corrected chi connectivity index (χ3v) is 3.32. The molecule has 69 valence electrons. The number of rotatable bonds is 1. The van der Waals surface area contributed by atoms with Crippen LogP contribution >= 0.6 is 0 Å². The molecule has 0 heterocycles. The molecule has 0 aliphatic heterocycles. The lowest BCUT2D eigenvalue weighted by molar-refractivity contribution is 0.281. The molecule has 1 spiro atoms. The van der Waals surface area contributed by atoms with Gasteiger partial charge in [0.05, 0.1) is 0 Å². The summed E-state index contributed by atoms with van der Waals surface area (Å²) in [6.07, 6.45) is 12.1. The van der Waals surface area contributed by atoms with Gasteiger partial charge in [-0.05, 0) is 30.1 Å². The van der Waals surface area contributed by atoms with Gasteiger partial charge in [-0.25, -0.2) is 0 Å². The van der Waals surface area contributed by atoms with E-state index < -0.39 is 0 Å². The van der Waals surface area contributed by atoms with Crippen LogP contribution < -0.4 is 0 Å². The summed E-state index contributed by atoms with van der Waals surface area (Å²) < 4.78 is 0. The van der Waals surface area contributed by atoms with E-state index in [1.165, 1.54) is 30.4 Å². The van der Waals surface area contributed by atoms with Gasteiger partial charge in [-0.3, -0.25) is 0 Å². The van der Waals surface area contributed by atoms with E-state index >= 15 is 0 Å². The molecule has 0 heteroatoms. The van der Waals surface area contributed by atoms with E-state index in [1.807, 2.05) is 0 Å². The molecule has 0 bridgehead atoms. The third-order valence-electron chi connectivity index (χ3n) is 3.32. The Hall–Kier alpha value is -1.30. The minimum atomic E-state index is 0.394. The summed E-state index contributed by atoms with van der Waals surface area (Å²) in [4.78, 5) is 0. The van der Waals surface area contributed by atoms with Crippen LogP contribution in [0, 0.1) is 11.5 Å². The van der Waals surface area contributed by atoms with Crippen molar-refractivity contribution in [2.45, 2.75) is 19.3 Å². The highest BCUT2D eigenvalue weighted by atomic mass is 14.4. The molecule has 14 heavy (non-hydrogen) atoms. The summed E-state index contributed by atoms with van der Waals surface area (Å²) in [5.74, 6) is 0. The van der Waals surface area contributed by atoms with Crippen LogP contribution in [-0.4, -0.2) is 0 Å². The van der Waals surface area contributed by atoms with Gasteiger partial charge in [-0.2, -0.15) is 0 Å². The zero-order valence-electron chi connectivity index (χ0n) is 8.16. The smallest absolute Gasteiger partial charge is 0.00797 e. The summed E-state index contributed by atoms with van der Waals surface area (Å²) in [5.41, 5.74) is 2.98. The van der Waals surface area contributed by atoms with E-state index in [0.717, 1.165) is 0 Å². The lowest BCUT2D eigenvalue weighted by Crippen LogP contribution is -2.22. The maximum absolute atomic E-state index is 3.40. The molecule has 1 radical (unpaired) electrons. The lowest BCUT2D eigenvalue weighted by atomic mass is 9.70. The zero-order chi connectivity index (χ0) is 9.43. The van der Waals surface area contributed by atoms with Crippen LogP contribution in [0.5, 0.6) is 0 Å². The van der Waals surface area contributed by atoms with Crippen LogP contribution in [0.25, 0.3) is 5.57 Å². The van der Waals surface area contributed by atoms with Crippen molar-refractivity contribution in [2.24, 2.45) is 5.41 Å². The molecule has 1 saturated carbocycles. The molecular weight excluding hydrogens is 168 g/mol. The molecule has 0 nitrogen and oxygen atoms in total. The molecule has 1 aromatic rings. The lowest BCUT2D eigenvalue weighted by Gasteiger charge is -2.34. The van der Waals surface area contributed by atoms with Gasteiger partial charge in [0.25, 0.3) is 0 Å². The van der Waals surface area contributed by atoms with Crippen LogP contribution in [0.1, 0.15) is 24.8 Å². The largest absolute Gasteiger partial charge is 0.0660 e. The number of benzene rings is 1. The Labute approximate surface area is 85.0 Å². The molecule has 0 aromatic heterocycles. The number of hydrogen-bond acceptors (Lipinski definition) is 0. The van der Waals surface area contributed by atoms with Gasteiger partial charge in [-0.1, -0.05) is 48.9 Å². The van der Waals surface area contributed by atoms with Crippen LogP contribution in [0.3, 0.4) is 0 Å². The Morgan fingerprint density at radius 1 is 1.07 bits per heavy atom. The topological polar surface area (TPSA) is 0 Å². The minimum Gasteiger partial charge on any atom is -0.0660 e. The molecule has 3 rings (SSSR count). The fraction of sp³-hybridized carbons (Fsp3) is 0.286. The second kappa shape index (κ2) is 2.84. The first-order chi connectivity index (χ1) is 6.88. The van der Waals surface area contributed by atoms with E-state index in [0.29, 0.717) is 5.41 Å². The molecule has 2 aliphatic rings. The van der Waals surface area contributed by atoms with Crippen LogP contribution in [0.15, 0.2) is 42.5 Å². The summed E-state index contributed by atoms with van der Waals surface area (Å²) in [7, 11) is 0. The van der Waals surface area contributed by atoms with Crippen molar-refractivity contribution in [1.82, 2.24) is 0 Å². The first-order valence-electron chi connectivity index (χ1n) is 5.27. The predicted molar refractivity (Wildman–Crippen MR) is 58.5 cm³/mol. The van der Waals surface area contributed by atoms with E-state index in [-0.39, 0.29) is 0 Å². The fourth-order valence-electron chi connectivity index (χ4n) is 2.25. The highest BCUT2D eigenvalue weighted by Crippen LogP contribution is 2.48. The van der Waals surface area contributed by atoms with Crippen LogP contribution in [0.2, 0.25) is 0 Å². The van der Waals surface area contributed by atoms with Gasteiger partial charge < -0.3 is 0 Å². The molecular formula is C14H13. The first-order valence-corrected chi connectivity index (χ1v) is 5.27. The number of allylic oxidation sites excluding steroid dienone is 4. The third kappa shape index (κ3) is 1.14. The Bertz CT molecular complexity index is 391. The normalized spacial score (nSPS) is 22.1. The van der Waals surface area contributed by atoms with E-state index in [1.54, 1.807) is 0 Å². The van der Waals surface area contributed by atoms with Crippen molar-refractivity contribution in [3.8, 4) is 0 Å². The molecule has 1 aromatic carbocycles. The highest BCUT2D eigenvalue weighted by molar-refractivity contribution is 5.74. The van der Waals surface area contributed by atoms with E-state index in [2.05, 4.69) is 48.6 Å². The SMILES string of the molecule is [C]1=CC2(C=C1c1ccccc1)CCC2. The van der Waals surface area contributed by atoms with Gasteiger partial charge >= 0.3 is 0 Å². The molecule has 0 atom stereocenters. The molecule has 0 saturated heterocycles. The highest BCUT2D eigenvalue weighted by Gasteiger charge is 2.35. The molecule has 0 N–H and O–H groups in total. The summed E-state index contributed by atoms with van der Waals surface area (Å²) in [6.45, 7) is 0. The standard InChI is InChI=1S/C14H13/c1-2-5-12(6-3-1)13-7-10-14(11-13)8-4-9-14/h1-3,5-6,10-11H,4,8-9H2. The Morgan fingerprint density at radius 3 is 2.43 bits per heavy atom. The van der Waals surface area contributed by atoms with Crippen LogP contribution in [-0.2, 0) is 0 Å². The molecule has 0 unspecified atom stereocenters. The van der Waals surface area contributed by atoms with Crippen molar-refractivity contribution < 1.29 is 0 Å². The first kappa shape index (κ1) is 8.05. The summed E-state index contributed by atoms with van der Waals surface area (Å²) in [6, 6.07) is 10.5. The number of hydrogen-bond donors (Lipinski definition) is 0. The van der Waals surface area contributed by atoms with Gasteiger partial charge in [0, 0.05) is 5.41 Å². The average molecular weight is 181 g/mol. The second-order valence-electron chi connectivity index (χ2n) is 4.30. The Balaban J connectivity index is 1.95. The van der Waals surface area contributed by atoms with E-state index in [9.17, 15) is 0 Å². The minimum absolute atomic E-state index is 0.394. The Kier molecular flexibility index (Phi) is 1.63. The van der Waals surface area contributed by atoms with Crippen molar-refractivity contribution in [1.29, 1.82) is 0 Å². The van der Waals surface area contributed by atoms with E-state index in [4.69, 9.17) is 0 Å². The van der Waals surface area contributed by atoms with Gasteiger partial charge in [-0.15, -0.1) is 0 Å². The van der Waals surface area contributed by atoms with Crippen molar-refractivity contribution in [2.75, 3.05) is 0 Å². The van der Waals surface area contributed by atoms with Gasteiger partial charge in [0.1, 0.15) is 0 Å². The second-order valence-corrected chi connectivity index (χ2v) is 4.30. The summed E-state index contributed by atoms with van der Waals surface area (Å²) in [5, 5.41) is 0. The van der Waals surface area contributed by atoms with Crippen LogP contribution in [0.4, 0.5) is 0 Å². The molecule has 1 fully saturated rings. The van der Waals surface area contributed by atoms with Gasteiger partial charge in [0.15, 0.2) is 0 Å². The molecule has 0 amide bonds. The maximum Gasteiger partial charge on any atom is 0.00797 e.